The van der Waals surface area contributed by atoms with Crippen LogP contribution in [0.15, 0.2) is 67.1 Å². The Hall–Kier alpha value is -3.78. The minimum atomic E-state index is 0.492. The molecule has 0 aliphatic carbocycles. The third-order valence-corrected chi connectivity index (χ3v) is 4.32. The van der Waals surface area contributed by atoms with Gasteiger partial charge in [0.1, 0.15) is 11.8 Å². The second kappa shape index (κ2) is 6.61. The molecular weight excluding hydrogens is 324 g/mol. The molecule has 2 heterocycles. The van der Waals surface area contributed by atoms with Gasteiger partial charge in [-0.15, -0.1) is 0 Å². The maximum Gasteiger partial charge on any atom is 0.118 e. The zero-order valence-corrected chi connectivity index (χ0v) is 14.2. The Morgan fingerprint density at radius 3 is 2.69 bits per heavy atom. The smallest absolute Gasteiger partial charge is 0.118 e. The summed E-state index contributed by atoms with van der Waals surface area (Å²) in [4.78, 5) is 7.43. The maximum atomic E-state index is 9.57. The van der Waals surface area contributed by atoms with Crippen molar-refractivity contribution in [2.24, 2.45) is 0 Å². The standard InChI is InChI=1S/C21H16N4O/c1-26-16-7-5-14(6-8-16)18-13-23-12-15(11-22)21(18)25-20-4-2-3-19-17(20)9-10-24-19/h2-10,12-13,24H,1H3,(H,23,25). The largest absolute Gasteiger partial charge is 0.497 e. The number of nitrogens with zero attached hydrogens (tertiary/aromatic N) is 2. The molecule has 2 aromatic carbocycles. The van der Waals surface area contributed by atoms with Crippen molar-refractivity contribution in [3.8, 4) is 22.9 Å². The number of hydrogen-bond donors (Lipinski definition) is 2. The highest BCUT2D eigenvalue weighted by Gasteiger charge is 2.13. The summed E-state index contributed by atoms with van der Waals surface area (Å²) in [5, 5.41) is 14.1. The van der Waals surface area contributed by atoms with Crippen LogP contribution in [0.4, 0.5) is 11.4 Å². The Kier molecular flexibility index (Phi) is 4.00. The molecule has 4 rings (SSSR count). The van der Waals surface area contributed by atoms with Crippen LogP contribution in [0, 0.1) is 11.3 Å². The summed E-state index contributed by atoms with van der Waals surface area (Å²) in [6.45, 7) is 0. The summed E-state index contributed by atoms with van der Waals surface area (Å²) in [7, 11) is 1.64. The normalized spacial score (nSPS) is 10.5. The number of ether oxygens (including phenoxy) is 1. The van der Waals surface area contributed by atoms with Gasteiger partial charge in [0, 0.05) is 40.7 Å². The number of anilines is 2. The second-order valence-corrected chi connectivity index (χ2v) is 5.82. The van der Waals surface area contributed by atoms with E-state index in [1.165, 1.54) is 0 Å². The van der Waals surface area contributed by atoms with Gasteiger partial charge < -0.3 is 15.0 Å². The van der Waals surface area contributed by atoms with Crippen molar-refractivity contribution in [2.75, 3.05) is 12.4 Å². The Morgan fingerprint density at radius 1 is 1.08 bits per heavy atom. The van der Waals surface area contributed by atoms with Gasteiger partial charge in [0.2, 0.25) is 0 Å². The minimum absolute atomic E-state index is 0.492. The molecule has 0 spiro atoms. The molecule has 126 valence electrons. The number of H-pyrrole nitrogens is 1. The van der Waals surface area contributed by atoms with E-state index in [-0.39, 0.29) is 0 Å². The van der Waals surface area contributed by atoms with E-state index in [2.05, 4.69) is 21.4 Å². The van der Waals surface area contributed by atoms with E-state index in [4.69, 9.17) is 4.74 Å². The first-order valence-corrected chi connectivity index (χ1v) is 8.16. The molecule has 26 heavy (non-hydrogen) atoms. The SMILES string of the molecule is COc1ccc(-c2cncc(C#N)c2Nc2cccc3[nH]ccc23)cc1. The summed E-state index contributed by atoms with van der Waals surface area (Å²) < 4.78 is 5.23. The van der Waals surface area contributed by atoms with Crippen LogP contribution < -0.4 is 10.1 Å². The number of nitriles is 1. The number of fused-ring (bicyclic) bond motifs is 1. The van der Waals surface area contributed by atoms with Gasteiger partial charge in [0.05, 0.1) is 18.4 Å². The number of hydrogen-bond acceptors (Lipinski definition) is 4. The zero-order valence-electron chi connectivity index (χ0n) is 14.2. The minimum Gasteiger partial charge on any atom is -0.497 e. The van der Waals surface area contributed by atoms with Crippen LogP contribution in [-0.2, 0) is 0 Å². The number of rotatable bonds is 4. The fourth-order valence-electron chi connectivity index (χ4n) is 3.00. The van der Waals surface area contributed by atoms with Crippen LogP contribution in [0.25, 0.3) is 22.0 Å². The topological polar surface area (TPSA) is 73.7 Å². The van der Waals surface area contributed by atoms with Gasteiger partial charge in [-0.2, -0.15) is 5.26 Å². The van der Waals surface area contributed by atoms with Gasteiger partial charge in [-0.25, -0.2) is 0 Å². The first-order valence-electron chi connectivity index (χ1n) is 8.16. The van der Waals surface area contributed by atoms with E-state index in [0.717, 1.165) is 39.2 Å². The molecule has 0 aliphatic rings. The second-order valence-electron chi connectivity index (χ2n) is 5.82. The number of aromatic nitrogens is 2. The Balaban J connectivity index is 1.84. The third kappa shape index (κ3) is 2.74. The zero-order chi connectivity index (χ0) is 17.9. The Labute approximate surface area is 150 Å². The molecule has 0 unspecified atom stereocenters. The number of aromatic amines is 1. The number of pyridine rings is 1. The number of methoxy groups -OCH3 is 1. The van der Waals surface area contributed by atoms with Crippen LogP contribution in [0.2, 0.25) is 0 Å². The van der Waals surface area contributed by atoms with Gasteiger partial charge >= 0.3 is 0 Å². The number of nitrogens with one attached hydrogen (secondary N) is 2. The van der Waals surface area contributed by atoms with Crippen LogP contribution in [0.5, 0.6) is 5.75 Å². The molecule has 0 amide bonds. The molecule has 0 fully saturated rings. The van der Waals surface area contributed by atoms with Crippen LogP contribution in [0.1, 0.15) is 5.56 Å². The molecule has 2 N–H and O–H groups in total. The molecule has 0 saturated heterocycles. The van der Waals surface area contributed by atoms with Gasteiger partial charge in [-0.1, -0.05) is 18.2 Å². The summed E-state index contributed by atoms with van der Waals surface area (Å²) in [5.74, 6) is 0.782. The van der Waals surface area contributed by atoms with E-state index >= 15 is 0 Å². The molecule has 5 heteroatoms. The molecule has 2 aromatic heterocycles. The lowest BCUT2D eigenvalue weighted by Gasteiger charge is -2.14. The fourth-order valence-corrected chi connectivity index (χ4v) is 3.00. The highest BCUT2D eigenvalue weighted by molar-refractivity contribution is 5.96. The monoisotopic (exact) mass is 340 g/mol. The van der Waals surface area contributed by atoms with E-state index in [0.29, 0.717) is 5.56 Å². The lowest BCUT2D eigenvalue weighted by Crippen LogP contribution is -1.98. The van der Waals surface area contributed by atoms with Gasteiger partial charge in [-0.05, 0) is 35.9 Å². The molecule has 0 atom stereocenters. The number of benzene rings is 2. The highest BCUT2D eigenvalue weighted by Crippen LogP contribution is 2.35. The lowest BCUT2D eigenvalue weighted by molar-refractivity contribution is 0.415. The van der Waals surface area contributed by atoms with E-state index in [1.54, 1.807) is 19.5 Å². The summed E-state index contributed by atoms with van der Waals surface area (Å²) in [6.07, 6.45) is 5.24. The van der Waals surface area contributed by atoms with Gasteiger partial charge in [0.25, 0.3) is 0 Å². The average Bonchev–Trinajstić information content (AvgIpc) is 3.18. The fraction of sp³-hybridized carbons (Fsp3) is 0.0476. The van der Waals surface area contributed by atoms with Crippen molar-refractivity contribution in [3.05, 3.63) is 72.7 Å². The van der Waals surface area contributed by atoms with Crippen LogP contribution in [0.3, 0.4) is 0 Å². The molecule has 4 aromatic rings. The van der Waals surface area contributed by atoms with Crippen molar-refractivity contribution in [1.29, 1.82) is 5.26 Å². The quantitative estimate of drug-likeness (QED) is 0.557. The van der Waals surface area contributed by atoms with Crippen molar-refractivity contribution in [2.45, 2.75) is 0 Å². The van der Waals surface area contributed by atoms with E-state index < -0.39 is 0 Å². The average molecular weight is 340 g/mol. The predicted molar refractivity (Wildman–Crippen MR) is 103 cm³/mol. The molecule has 5 nitrogen and oxygen atoms in total. The van der Waals surface area contributed by atoms with Gasteiger partial charge in [-0.3, -0.25) is 4.98 Å². The summed E-state index contributed by atoms with van der Waals surface area (Å²) >= 11 is 0. The van der Waals surface area contributed by atoms with Crippen LogP contribution in [-0.4, -0.2) is 17.1 Å². The molecule has 0 radical (unpaired) electrons. The third-order valence-electron chi connectivity index (χ3n) is 4.32. The molecule has 0 bridgehead atoms. The summed E-state index contributed by atoms with van der Waals surface area (Å²) in [6, 6.07) is 17.9. The van der Waals surface area contributed by atoms with E-state index in [9.17, 15) is 5.26 Å². The van der Waals surface area contributed by atoms with Crippen molar-refractivity contribution < 1.29 is 4.74 Å². The molecule has 0 saturated carbocycles. The van der Waals surface area contributed by atoms with Crippen molar-refractivity contribution in [1.82, 2.24) is 9.97 Å². The molecular formula is C21H16N4O. The van der Waals surface area contributed by atoms with E-state index in [1.807, 2.05) is 54.7 Å². The summed E-state index contributed by atoms with van der Waals surface area (Å²) in [5.41, 5.74) is 5.01. The van der Waals surface area contributed by atoms with Crippen LogP contribution >= 0.6 is 0 Å². The highest BCUT2D eigenvalue weighted by atomic mass is 16.5. The molecule has 0 aliphatic heterocycles. The Morgan fingerprint density at radius 2 is 1.92 bits per heavy atom. The first kappa shape index (κ1) is 15.7. The Bertz CT molecular complexity index is 1110. The van der Waals surface area contributed by atoms with Crippen molar-refractivity contribution in [3.63, 3.8) is 0 Å². The lowest BCUT2D eigenvalue weighted by atomic mass is 10.0. The predicted octanol–water partition coefficient (Wildman–Crippen LogP) is 4.85. The van der Waals surface area contributed by atoms with Gasteiger partial charge in [0.15, 0.2) is 0 Å². The van der Waals surface area contributed by atoms with Crippen molar-refractivity contribution >= 4 is 22.3 Å². The first-order chi connectivity index (χ1) is 12.8. The maximum absolute atomic E-state index is 9.57.